The van der Waals surface area contributed by atoms with E-state index < -0.39 is 0 Å². The lowest BCUT2D eigenvalue weighted by Crippen LogP contribution is -2.53. The third kappa shape index (κ3) is 4.97. The quantitative estimate of drug-likeness (QED) is 0.556. The second kappa shape index (κ2) is 9.62. The van der Waals surface area contributed by atoms with Crippen molar-refractivity contribution in [3.05, 3.63) is 30.6 Å². The zero-order valence-electron chi connectivity index (χ0n) is 18.8. The Bertz CT molecular complexity index is 1000. The molecule has 0 bridgehead atoms. The van der Waals surface area contributed by atoms with E-state index in [9.17, 15) is 0 Å². The summed E-state index contributed by atoms with van der Waals surface area (Å²) in [5.74, 6) is 1.77. The number of piperazine rings is 1. The topological polar surface area (TPSA) is 79.4 Å². The summed E-state index contributed by atoms with van der Waals surface area (Å²) in [4.78, 5) is 13.9. The molecular formula is C23H32N6O2. The molecule has 1 saturated heterocycles. The normalized spacial score (nSPS) is 17.6. The van der Waals surface area contributed by atoms with Crippen LogP contribution in [0.25, 0.3) is 22.3 Å². The highest BCUT2D eigenvalue weighted by atomic mass is 16.5. The first-order valence-electron chi connectivity index (χ1n) is 11.1. The highest BCUT2D eigenvalue weighted by molar-refractivity contribution is 5.93. The zero-order valence-corrected chi connectivity index (χ0v) is 18.8. The summed E-state index contributed by atoms with van der Waals surface area (Å²) in [7, 11) is 0. The first-order chi connectivity index (χ1) is 15.0. The van der Waals surface area contributed by atoms with Gasteiger partial charge in [0, 0.05) is 50.3 Å². The predicted octanol–water partition coefficient (Wildman–Crippen LogP) is 3.35. The number of ether oxygens (including phenoxy) is 2. The summed E-state index contributed by atoms with van der Waals surface area (Å²) >= 11 is 0. The molecule has 3 heterocycles. The standard InChI is InChI=1S/C23H32N6O2/c1-5-30-11-10-28-8-9-29(14-17(28)4)22-13-21(24-15-25-22)23-19-12-18(31-16(2)3)6-7-20(19)26-27-23/h6-7,12-13,15-17H,5,8-11,14H2,1-4H3,(H,26,27)/t17-/m0/s1. The van der Waals surface area contributed by atoms with Crippen molar-refractivity contribution in [2.24, 2.45) is 0 Å². The molecule has 0 amide bonds. The number of hydrogen-bond donors (Lipinski definition) is 1. The van der Waals surface area contributed by atoms with Gasteiger partial charge < -0.3 is 14.4 Å². The van der Waals surface area contributed by atoms with Gasteiger partial charge in [0.05, 0.1) is 23.9 Å². The lowest BCUT2D eigenvalue weighted by Gasteiger charge is -2.40. The van der Waals surface area contributed by atoms with Gasteiger partial charge >= 0.3 is 0 Å². The largest absolute Gasteiger partial charge is 0.491 e. The zero-order chi connectivity index (χ0) is 21.8. The van der Waals surface area contributed by atoms with Crippen LogP contribution in [-0.4, -0.2) is 76.6 Å². The first kappa shape index (κ1) is 21.5. The number of rotatable bonds is 8. The third-order valence-corrected chi connectivity index (χ3v) is 5.62. The van der Waals surface area contributed by atoms with Gasteiger partial charge in [0.1, 0.15) is 23.6 Å². The average molecular weight is 425 g/mol. The molecule has 3 aromatic rings. The molecule has 1 N–H and O–H groups in total. The van der Waals surface area contributed by atoms with Crippen LogP contribution >= 0.6 is 0 Å². The summed E-state index contributed by atoms with van der Waals surface area (Å²) in [6.07, 6.45) is 1.75. The lowest BCUT2D eigenvalue weighted by atomic mass is 10.1. The van der Waals surface area contributed by atoms with E-state index >= 15 is 0 Å². The van der Waals surface area contributed by atoms with Crippen molar-refractivity contribution >= 4 is 16.7 Å². The van der Waals surface area contributed by atoms with Crippen molar-refractivity contribution in [2.75, 3.05) is 44.3 Å². The van der Waals surface area contributed by atoms with E-state index in [0.717, 1.165) is 73.3 Å². The molecule has 1 aromatic carbocycles. The summed E-state index contributed by atoms with van der Waals surface area (Å²) < 4.78 is 11.4. The summed E-state index contributed by atoms with van der Waals surface area (Å²) in [5, 5.41) is 8.63. The highest BCUT2D eigenvalue weighted by Crippen LogP contribution is 2.30. The molecule has 0 unspecified atom stereocenters. The van der Waals surface area contributed by atoms with E-state index in [1.54, 1.807) is 6.33 Å². The van der Waals surface area contributed by atoms with E-state index in [1.807, 2.05) is 45.0 Å². The van der Waals surface area contributed by atoms with Crippen LogP contribution in [0.15, 0.2) is 30.6 Å². The Kier molecular flexibility index (Phi) is 6.67. The molecule has 0 spiro atoms. The molecule has 4 rings (SSSR count). The van der Waals surface area contributed by atoms with Crippen LogP contribution in [-0.2, 0) is 4.74 Å². The van der Waals surface area contributed by atoms with Gasteiger partial charge in [-0.15, -0.1) is 0 Å². The highest BCUT2D eigenvalue weighted by Gasteiger charge is 2.25. The van der Waals surface area contributed by atoms with Gasteiger partial charge in [-0.3, -0.25) is 10.00 Å². The minimum atomic E-state index is 0.118. The maximum Gasteiger partial charge on any atom is 0.132 e. The molecule has 8 heteroatoms. The molecule has 8 nitrogen and oxygen atoms in total. The smallest absolute Gasteiger partial charge is 0.132 e. The van der Waals surface area contributed by atoms with Gasteiger partial charge in [-0.1, -0.05) is 0 Å². The van der Waals surface area contributed by atoms with Crippen LogP contribution in [0.4, 0.5) is 5.82 Å². The number of anilines is 1. The van der Waals surface area contributed by atoms with Crippen molar-refractivity contribution in [3.8, 4) is 17.1 Å². The second-order valence-corrected chi connectivity index (χ2v) is 8.24. The van der Waals surface area contributed by atoms with E-state index in [2.05, 4.69) is 36.9 Å². The number of H-pyrrole nitrogens is 1. The number of hydrogen-bond acceptors (Lipinski definition) is 7. The molecule has 0 saturated carbocycles. The van der Waals surface area contributed by atoms with Crippen molar-refractivity contribution in [3.63, 3.8) is 0 Å². The fourth-order valence-corrected chi connectivity index (χ4v) is 4.04. The third-order valence-electron chi connectivity index (χ3n) is 5.62. The number of fused-ring (bicyclic) bond motifs is 1. The molecule has 31 heavy (non-hydrogen) atoms. The van der Waals surface area contributed by atoms with E-state index in [1.165, 1.54) is 0 Å². The molecule has 0 radical (unpaired) electrons. The van der Waals surface area contributed by atoms with Crippen LogP contribution in [0.5, 0.6) is 5.75 Å². The monoisotopic (exact) mass is 424 g/mol. The van der Waals surface area contributed by atoms with E-state index in [4.69, 9.17) is 9.47 Å². The van der Waals surface area contributed by atoms with Crippen molar-refractivity contribution in [2.45, 2.75) is 39.8 Å². The molecular weight excluding hydrogens is 392 g/mol. The van der Waals surface area contributed by atoms with Gasteiger partial charge in [-0.2, -0.15) is 5.10 Å². The molecule has 1 atom stereocenters. The second-order valence-electron chi connectivity index (χ2n) is 8.24. The maximum absolute atomic E-state index is 5.86. The van der Waals surface area contributed by atoms with E-state index in [0.29, 0.717) is 6.04 Å². The number of nitrogens with one attached hydrogen (secondary N) is 1. The van der Waals surface area contributed by atoms with Gasteiger partial charge in [-0.25, -0.2) is 9.97 Å². The molecule has 0 aliphatic carbocycles. The Labute approximate surface area is 183 Å². The molecule has 2 aromatic heterocycles. The lowest BCUT2D eigenvalue weighted by molar-refractivity contribution is 0.0925. The Morgan fingerprint density at radius 1 is 1.19 bits per heavy atom. The number of benzene rings is 1. The number of aromatic nitrogens is 4. The average Bonchev–Trinajstić information content (AvgIpc) is 3.18. The first-order valence-corrected chi connectivity index (χ1v) is 11.1. The van der Waals surface area contributed by atoms with Crippen LogP contribution < -0.4 is 9.64 Å². The van der Waals surface area contributed by atoms with Crippen LogP contribution in [0.1, 0.15) is 27.7 Å². The van der Waals surface area contributed by atoms with Crippen LogP contribution in [0.3, 0.4) is 0 Å². The minimum absolute atomic E-state index is 0.118. The number of nitrogens with zero attached hydrogens (tertiary/aromatic N) is 5. The van der Waals surface area contributed by atoms with Gasteiger partial charge in [0.15, 0.2) is 0 Å². The molecule has 1 fully saturated rings. The van der Waals surface area contributed by atoms with Crippen LogP contribution in [0, 0.1) is 0 Å². The van der Waals surface area contributed by atoms with Gasteiger partial charge in [0.25, 0.3) is 0 Å². The van der Waals surface area contributed by atoms with Crippen molar-refractivity contribution < 1.29 is 9.47 Å². The predicted molar refractivity (Wildman–Crippen MR) is 123 cm³/mol. The fourth-order valence-electron chi connectivity index (χ4n) is 4.04. The van der Waals surface area contributed by atoms with Crippen molar-refractivity contribution in [1.29, 1.82) is 0 Å². The fraction of sp³-hybridized carbons (Fsp3) is 0.522. The molecule has 1 aliphatic rings. The van der Waals surface area contributed by atoms with Gasteiger partial charge in [0.2, 0.25) is 0 Å². The van der Waals surface area contributed by atoms with E-state index in [-0.39, 0.29) is 6.10 Å². The van der Waals surface area contributed by atoms with Crippen LogP contribution in [0.2, 0.25) is 0 Å². The SMILES string of the molecule is CCOCCN1CCN(c2cc(-c3n[nH]c4ccc(OC(C)C)cc34)ncn2)C[C@@H]1C. The molecule has 166 valence electrons. The summed E-state index contributed by atoms with van der Waals surface area (Å²) in [6, 6.07) is 8.45. The Morgan fingerprint density at radius 3 is 2.84 bits per heavy atom. The van der Waals surface area contributed by atoms with Crippen molar-refractivity contribution in [1.82, 2.24) is 25.1 Å². The Hall–Kier alpha value is -2.71. The van der Waals surface area contributed by atoms with Gasteiger partial charge in [-0.05, 0) is 45.9 Å². The minimum Gasteiger partial charge on any atom is -0.491 e. The number of aromatic amines is 1. The molecule has 1 aliphatic heterocycles. The Balaban J connectivity index is 1.53. The maximum atomic E-state index is 5.86. The Morgan fingerprint density at radius 2 is 2.06 bits per heavy atom. The summed E-state index contributed by atoms with van der Waals surface area (Å²) in [5.41, 5.74) is 2.59. The summed E-state index contributed by atoms with van der Waals surface area (Å²) in [6.45, 7) is 13.7.